The van der Waals surface area contributed by atoms with Crippen LogP contribution in [-0.4, -0.2) is 31.3 Å². The van der Waals surface area contributed by atoms with Crippen molar-refractivity contribution in [3.05, 3.63) is 23.3 Å². The third-order valence-electron chi connectivity index (χ3n) is 3.23. The highest BCUT2D eigenvalue weighted by molar-refractivity contribution is 5.49. The van der Waals surface area contributed by atoms with Gasteiger partial charge < -0.3 is 15.2 Å². The summed E-state index contributed by atoms with van der Waals surface area (Å²) in [5.74, 6) is 1.78. The molecule has 4 heteroatoms. The van der Waals surface area contributed by atoms with Crippen molar-refractivity contribution >= 4 is 0 Å². The molecule has 0 aliphatic carbocycles. The first-order valence-corrected chi connectivity index (χ1v) is 5.70. The zero-order valence-electron chi connectivity index (χ0n) is 9.24. The van der Waals surface area contributed by atoms with Gasteiger partial charge in [-0.15, -0.1) is 0 Å². The Hall–Kier alpha value is -1.26. The summed E-state index contributed by atoms with van der Waals surface area (Å²) in [6.07, 6.45) is 1.08. The molecule has 0 atom stereocenters. The molecule has 0 unspecified atom stereocenters. The number of ether oxygens (including phenoxy) is 2. The Labute approximate surface area is 94.9 Å². The standard InChI is InChI=1S/C12H16N2O2/c13-2-4-14-3-1-9-5-11-12(16-8-15-11)6-10(9)7-14/h5-6H,1-4,7-8,13H2. The summed E-state index contributed by atoms with van der Waals surface area (Å²) in [6.45, 7) is 4.10. The van der Waals surface area contributed by atoms with E-state index in [1.165, 1.54) is 11.1 Å². The highest BCUT2D eigenvalue weighted by atomic mass is 16.7. The number of rotatable bonds is 2. The fourth-order valence-electron chi connectivity index (χ4n) is 2.38. The molecule has 0 aromatic heterocycles. The molecule has 0 saturated heterocycles. The maximum Gasteiger partial charge on any atom is 0.231 e. The van der Waals surface area contributed by atoms with E-state index in [0.29, 0.717) is 6.79 Å². The van der Waals surface area contributed by atoms with Crippen LogP contribution < -0.4 is 15.2 Å². The molecular weight excluding hydrogens is 204 g/mol. The first kappa shape index (κ1) is 9.93. The molecule has 4 nitrogen and oxygen atoms in total. The average molecular weight is 220 g/mol. The van der Waals surface area contributed by atoms with Crippen molar-refractivity contribution < 1.29 is 9.47 Å². The molecule has 0 amide bonds. The largest absolute Gasteiger partial charge is 0.454 e. The van der Waals surface area contributed by atoms with Crippen LogP contribution in [0.25, 0.3) is 0 Å². The van der Waals surface area contributed by atoms with Crippen LogP contribution in [0.4, 0.5) is 0 Å². The van der Waals surface area contributed by atoms with E-state index in [0.717, 1.165) is 44.1 Å². The lowest BCUT2D eigenvalue weighted by atomic mass is 9.99. The normalized spacial score (nSPS) is 18.6. The van der Waals surface area contributed by atoms with Gasteiger partial charge in [-0.05, 0) is 29.7 Å². The van der Waals surface area contributed by atoms with E-state index >= 15 is 0 Å². The average Bonchev–Trinajstić information content (AvgIpc) is 2.73. The topological polar surface area (TPSA) is 47.7 Å². The lowest BCUT2D eigenvalue weighted by Gasteiger charge is -2.28. The van der Waals surface area contributed by atoms with Gasteiger partial charge in [-0.1, -0.05) is 0 Å². The van der Waals surface area contributed by atoms with Crippen LogP contribution in [0.3, 0.4) is 0 Å². The van der Waals surface area contributed by atoms with Crippen LogP contribution >= 0.6 is 0 Å². The summed E-state index contributed by atoms with van der Waals surface area (Å²) in [6, 6.07) is 4.23. The molecule has 0 radical (unpaired) electrons. The zero-order valence-corrected chi connectivity index (χ0v) is 9.24. The van der Waals surface area contributed by atoms with Gasteiger partial charge in [-0.2, -0.15) is 0 Å². The van der Waals surface area contributed by atoms with E-state index in [4.69, 9.17) is 15.2 Å². The summed E-state index contributed by atoms with van der Waals surface area (Å²) < 4.78 is 10.8. The number of hydrogen-bond acceptors (Lipinski definition) is 4. The predicted octanol–water partition coefficient (Wildman–Crippen LogP) is 0.732. The highest BCUT2D eigenvalue weighted by Crippen LogP contribution is 2.36. The third kappa shape index (κ3) is 1.64. The minimum Gasteiger partial charge on any atom is -0.454 e. The Balaban J connectivity index is 1.87. The molecule has 0 spiro atoms. The van der Waals surface area contributed by atoms with Gasteiger partial charge in [0.1, 0.15) is 0 Å². The smallest absolute Gasteiger partial charge is 0.231 e. The summed E-state index contributed by atoms with van der Waals surface area (Å²) in [4.78, 5) is 2.38. The van der Waals surface area contributed by atoms with Crippen LogP contribution in [0.15, 0.2) is 12.1 Å². The van der Waals surface area contributed by atoms with E-state index in [9.17, 15) is 0 Å². The second-order valence-electron chi connectivity index (χ2n) is 4.29. The van der Waals surface area contributed by atoms with E-state index in [2.05, 4.69) is 17.0 Å². The predicted molar refractivity (Wildman–Crippen MR) is 60.6 cm³/mol. The van der Waals surface area contributed by atoms with Gasteiger partial charge in [0.15, 0.2) is 11.5 Å². The minimum absolute atomic E-state index is 0.352. The number of benzene rings is 1. The number of hydrogen-bond donors (Lipinski definition) is 1. The SMILES string of the molecule is NCCN1CCc2cc3c(cc2C1)OCO3. The zero-order chi connectivity index (χ0) is 11.0. The van der Waals surface area contributed by atoms with E-state index in [-0.39, 0.29) is 0 Å². The maximum atomic E-state index is 5.58. The number of nitrogens with two attached hydrogens (primary N) is 1. The molecule has 3 rings (SSSR count). The van der Waals surface area contributed by atoms with Crippen molar-refractivity contribution in [1.29, 1.82) is 0 Å². The van der Waals surface area contributed by atoms with Crippen LogP contribution in [0, 0.1) is 0 Å². The number of nitrogens with zero attached hydrogens (tertiary/aromatic N) is 1. The monoisotopic (exact) mass is 220 g/mol. The molecule has 2 N–H and O–H groups in total. The first-order chi connectivity index (χ1) is 7.86. The van der Waals surface area contributed by atoms with Crippen molar-refractivity contribution in [2.24, 2.45) is 5.73 Å². The van der Waals surface area contributed by atoms with Crippen LogP contribution in [0.1, 0.15) is 11.1 Å². The number of fused-ring (bicyclic) bond motifs is 2. The van der Waals surface area contributed by atoms with Crippen molar-refractivity contribution in [3.63, 3.8) is 0 Å². The molecule has 1 aromatic rings. The third-order valence-corrected chi connectivity index (χ3v) is 3.23. The lowest BCUT2D eigenvalue weighted by Crippen LogP contribution is -2.34. The van der Waals surface area contributed by atoms with E-state index in [1.807, 2.05) is 0 Å². The summed E-state index contributed by atoms with van der Waals surface area (Å²) in [7, 11) is 0. The van der Waals surface area contributed by atoms with Gasteiger partial charge in [0.05, 0.1) is 0 Å². The van der Waals surface area contributed by atoms with E-state index < -0.39 is 0 Å². The molecule has 0 bridgehead atoms. The minimum atomic E-state index is 0.352. The van der Waals surface area contributed by atoms with Gasteiger partial charge in [0.2, 0.25) is 6.79 Å². The van der Waals surface area contributed by atoms with Gasteiger partial charge in [-0.25, -0.2) is 0 Å². The van der Waals surface area contributed by atoms with Crippen molar-refractivity contribution in [1.82, 2.24) is 4.90 Å². The van der Waals surface area contributed by atoms with E-state index in [1.54, 1.807) is 0 Å². The molecule has 2 heterocycles. The molecule has 1 aromatic carbocycles. The molecule has 2 aliphatic heterocycles. The van der Waals surface area contributed by atoms with Crippen LogP contribution in [-0.2, 0) is 13.0 Å². The van der Waals surface area contributed by atoms with Crippen LogP contribution in [0.2, 0.25) is 0 Å². The molecule has 0 saturated carbocycles. The van der Waals surface area contributed by atoms with Gasteiger partial charge in [0.25, 0.3) is 0 Å². The molecule has 2 aliphatic rings. The molecule has 16 heavy (non-hydrogen) atoms. The lowest BCUT2D eigenvalue weighted by molar-refractivity contribution is 0.174. The molecule has 86 valence electrons. The Kier molecular flexibility index (Phi) is 2.46. The summed E-state index contributed by atoms with van der Waals surface area (Å²) >= 11 is 0. The Morgan fingerprint density at radius 2 is 1.94 bits per heavy atom. The first-order valence-electron chi connectivity index (χ1n) is 5.70. The van der Waals surface area contributed by atoms with Crippen molar-refractivity contribution in [2.45, 2.75) is 13.0 Å². The summed E-state index contributed by atoms with van der Waals surface area (Å²) in [5.41, 5.74) is 8.32. The second kappa shape index (κ2) is 3.96. The van der Waals surface area contributed by atoms with Gasteiger partial charge >= 0.3 is 0 Å². The maximum absolute atomic E-state index is 5.58. The fraction of sp³-hybridized carbons (Fsp3) is 0.500. The highest BCUT2D eigenvalue weighted by Gasteiger charge is 2.21. The van der Waals surface area contributed by atoms with Gasteiger partial charge in [-0.3, -0.25) is 4.90 Å². The summed E-state index contributed by atoms with van der Waals surface area (Å²) in [5, 5.41) is 0. The Morgan fingerprint density at radius 3 is 2.69 bits per heavy atom. The second-order valence-corrected chi connectivity index (χ2v) is 4.29. The van der Waals surface area contributed by atoms with Gasteiger partial charge in [0, 0.05) is 26.2 Å². The molecular formula is C12H16N2O2. The Morgan fingerprint density at radius 1 is 1.19 bits per heavy atom. The van der Waals surface area contributed by atoms with Crippen molar-refractivity contribution in [3.8, 4) is 11.5 Å². The van der Waals surface area contributed by atoms with Crippen molar-refractivity contribution in [2.75, 3.05) is 26.4 Å². The molecule has 0 fully saturated rings. The quantitative estimate of drug-likeness (QED) is 0.798. The Bertz CT molecular complexity index is 406. The van der Waals surface area contributed by atoms with Crippen LogP contribution in [0.5, 0.6) is 11.5 Å². The fourth-order valence-corrected chi connectivity index (χ4v) is 2.38.